The molecule has 7 aromatic carbocycles. The maximum Gasteiger partial charge on any atom is 0.160 e. The van der Waals surface area contributed by atoms with Gasteiger partial charge in [0.1, 0.15) is 0 Å². The van der Waals surface area contributed by atoms with E-state index in [1.165, 1.54) is 47.1 Å². The maximum absolute atomic E-state index is 5.24. The van der Waals surface area contributed by atoms with Crippen LogP contribution in [0.4, 0.5) is 0 Å². The van der Waals surface area contributed by atoms with Crippen molar-refractivity contribution in [2.45, 2.75) is 0 Å². The van der Waals surface area contributed by atoms with Gasteiger partial charge in [-0.05, 0) is 51.9 Å². The number of nitrogens with zero attached hydrogens (tertiary/aromatic N) is 3. The molecule has 0 atom stereocenters. The van der Waals surface area contributed by atoms with Crippen LogP contribution in [0.5, 0.6) is 0 Å². The van der Waals surface area contributed by atoms with Gasteiger partial charge in [-0.25, -0.2) is 15.0 Å². The van der Waals surface area contributed by atoms with Crippen LogP contribution >= 0.6 is 11.3 Å². The van der Waals surface area contributed by atoms with Gasteiger partial charge in [0.15, 0.2) is 5.82 Å². The monoisotopic (exact) mass is 641 g/mol. The molecule has 0 unspecified atom stereocenters. The Bertz CT molecular complexity index is 2880. The predicted octanol–water partition coefficient (Wildman–Crippen LogP) is 12.4. The first-order valence-electron chi connectivity index (χ1n) is 16.4. The van der Waals surface area contributed by atoms with Crippen molar-refractivity contribution in [3.05, 3.63) is 164 Å². The molecule has 3 heterocycles. The summed E-state index contributed by atoms with van der Waals surface area (Å²) in [4.78, 5) is 15.7. The molecule has 0 saturated heterocycles. The van der Waals surface area contributed by atoms with Crippen molar-refractivity contribution in [3.8, 4) is 45.2 Å². The molecule has 10 aromatic rings. The lowest BCUT2D eigenvalue weighted by molar-refractivity contribution is 1.19. The normalized spacial score (nSPS) is 11.7. The molecule has 228 valence electrons. The summed E-state index contributed by atoms with van der Waals surface area (Å²) in [6.45, 7) is 0. The summed E-state index contributed by atoms with van der Waals surface area (Å²) in [5, 5.41) is 8.38. The van der Waals surface area contributed by atoms with Crippen LogP contribution in [-0.2, 0) is 0 Å². The fourth-order valence-electron chi connectivity index (χ4n) is 7.14. The van der Waals surface area contributed by atoms with Gasteiger partial charge in [-0.1, -0.05) is 133 Å². The first-order chi connectivity index (χ1) is 24.3. The molecule has 0 N–H and O–H groups in total. The van der Waals surface area contributed by atoms with Crippen molar-refractivity contribution in [2.24, 2.45) is 0 Å². The minimum absolute atomic E-state index is 0.707. The van der Waals surface area contributed by atoms with E-state index in [1.54, 1.807) is 0 Å². The Morgan fingerprint density at radius 3 is 1.88 bits per heavy atom. The molecule has 0 amide bonds. The van der Waals surface area contributed by atoms with Gasteiger partial charge in [0.2, 0.25) is 0 Å². The van der Waals surface area contributed by atoms with Crippen molar-refractivity contribution in [1.82, 2.24) is 15.0 Å². The highest BCUT2D eigenvalue weighted by molar-refractivity contribution is 7.26. The van der Waals surface area contributed by atoms with E-state index >= 15 is 0 Å². The summed E-state index contributed by atoms with van der Waals surface area (Å²) in [5.41, 5.74) is 8.05. The third kappa shape index (κ3) is 4.61. The van der Waals surface area contributed by atoms with Crippen LogP contribution < -0.4 is 0 Å². The van der Waals surface area contributed by atoms with Crippen molar-refractivity contribution < 1.29 is 0 Å². The quantitative estimate of drug-likeness (QED) is 0.180. The summed E-state index contributed by atoms with van der Waals surface area (Å²) < 4.78 is 2.49. The van der Waals surface area contributed by atoms with E-state index in [4.69, 9.17) is 15.0 Å². The number of fused-ring (bicyclic) bond motifs is 8. The summed E-state index contributed by atoms with van der Waals surface area (Å²) in [7, 11) is 0. The molecular weight excluding hydrogens is 615 g/mol. The highest BCUT2D eigenvalue weighted by atomic mass is 32.1. The molecule has 0 aliphatic heterocycles. The topological polar surface area (TPSA) is 38.7 Å². The van der Waals surface area contributed by atoms with Crippen LogP contribution in [-0.4, -0.2) is 15.0 Å². The van der Waals surface area contributed by atoms with Gasteiger partial charge >= 0.3 is 0 Å². The number of para-hydroxylation sites is 1. The summed E-state index contributed by atoms with van der Waals surface area (Å²) in [6, 6.07) is 57.7. The van der Waals surface area contributed by atoms with Gasteiger partial charge in [0, 0.05) is 47.8 Å². The average molecular weight is 642 g/mol. The van der Waals surface area contributed by atoms with Crippen molar-refractivity contribution in [1.29, 1.82) is 0 Å². The van der Waals surface area contributed by atoms with Crippen molar-refractivity contribution >= 4 is 64.0 Å². The fraction of sp³-hybridized carbons (Fsp3) is 0. The Morgan fingerprint density at radius 1 is 0.408 bits per heavy atom. The standard InChI is InChI=1S/C45H27N3S/c1-3-13-28(14-4-1)43-42-37-26-31(23-24-41(37)49-44(42)35-21-11-12-22-38(35)46-43)39-27-40(48-45(47-39)29-15-5-2-6-16-29)36-25-30-17-7-8-18-32(30)33-19-9-10-20-34(33)36/h1-27H. The zero-order valence-electron chi connectivity index (χ0n) is 26.3. The van der Waals surface area contributed by atoms with E-state index in [1.807, 2.05) is 29.5 Å². The third-order valence-corrected chi connectivity index (χ3v) is 10.7. The second-order valence-corrected chi connectivity index (χ2v) is 13.4. The SMILES string of the molecule is c1ccc(-c2nc(-c3ccc4sc5c6ccccc6nc(-c6ccccc6)c5c4c3)cc(-c3cc4ccccc4c4ccccc34)n2)cc1. The number of thiophene rings is 1. The zero-order valence-corrected chi connectivity index (χ0v) is 27.2. The lowest BCUT2D eigenvalue weighted by Crippen LogP contribution is -1.96. The van der Waals surface area contributed by atoms with Gasteiger partial charge < -0.3 is 0 Å². The van der Waals surface area contributed by atoms with Gasteiger partial charge in [0.05, 0.1) is 22.6 Å². The van der Waals surface area contributed by atoms with E-state index in [9.17, 15) is 0 Å². The molecule has 0 radical (unpaired) electrons. The summed E-state index contributed by atoms with van der Waals surface area (Å²) in [6.07, 6.45) is 0. The molecule has 49 heavy (non-hydrogen) atoms. The Labute approximate surface area is 286 Å². The molecule has 3 nitrogen and oxygen atoms in total. The van der Waals surface area contributed by atoms with E-state index in [-0.39, 0.29) is 0 Å². The van der Waals surface area contributed by atoms with Crippen LogP contribution in [0.15, 0.2) is 164 Å². The Morgan fingerprint density at radius 2 is 1.06 bits per heavy atom. The second kappa shape index (κ2) is 11.2. The Kier molecular flexibility index (Phi) is 6.36. The van der Waals surface area contributed by atoms with E-state index in [2.05, 4.69) is 146 Å². The number of rotatable bonds is 4. The molecule has 3 aromatic heterocycles. The van der Waals surface area contributed by atoms with Crippen LogP contribution in [0.3, 0.4) is 0 Å². The lowest BCUT2D eigenvalue weighted by atomic mass is 9.95. The fourth-order valence-corrected chi connectivity index (χ4v) is 8.36. The second-order valence-electron chi connectivity index (χ2n) is 12.4. The molecule has 4 heteroatoms. The van der Waals surface area contributed by atoms with Crippen LogP contribution in [0, 0.1) is 0 Å². The first-order valence-corrected chi connectivity index (χ1v) is 17.3. The molecule has 0 fully saturated rings. The smallest absolute Gasteiger partial charge is 0.160 e. The van der Waals surface area contributed by atoms with E-state index in [0.717, 1.165) is 44.9 Å². The van der Waals surface area contributed by atoms with Gasteiger partial charge in [-0.3, -0.25) is 0 Å². The molecular formula is C45H27N3S. The van der Waals surface area contributed by atoms with Gasteiger partial charge in [-0.2, -0.15) is 0 Å². The lowest BCUT2D eigenvalue weighted by Gasteiger charge is -2.13. The largest absolute Gasteiger partial charge is 0.247 e. The van der Waals surface area contributed by atoms with Crippen molar-refractivity contribution in [3.63, 3.8) is 0 Å². The first kappa shape index (κ1) is 27.8. The molecule has 0 saturated carbocycles. The number of hydrogen-bond acceptors (Lipinski definition) is 4. The minimum Gasteiger partial charge on any atom is -0.247 e. The number of pyridine rings is 1. The van der Waals surface area contributed by atoms with Crippen LogP contribution in [0.25, 0.3) is 97.8 Å². The maximum atomic E-state index is 5.24. The highest BCUT2D eigenvalue weighted by Gasteiger charge is 2.19. The van der Waals surface area contributed by atoms with E-state index < -0.39 is 0 Å². The molecule has 0 aliphatic rings. The number of hydrogen-bond donors (Lipinski definition) is 0. The zero-order chi connectivity index (χ0) is 32.3. The molecule has 10 rings (SSSR count). The molecule has 0 aliphatic carbocycles. The minimum atomic E-state index is 0.707. The number of benzene rings is 7. The Balaban J connectivity index is 1.25. The van der Waals surface area contributed by atoms with Gasteiger partial charge in [-0.15, -0.1) is 11.3 Å². The number of aromatic nitrogens is 3. The van der Waals surface area contributed by atoms with Crippen molar-refractivity contribution in [2.75, 3.05) is 0 Å². The Hall–Kier alpha value is -6.23. The summed E-state index contributed by atoms with van der Waals surface area (Å²) >= 11 is 1.83. The third-order valence-electron chi connectivity index (χ3n) is 9.45. The molecule has 0 bridgehead atoms. The van der Waals surface area contributed by atoms with Crippen LogP contribution in [0.1, 0.15) is 0 Å². The predicted molar refractivity (Wildman–Crippen MR) is 207 cm³/mol. The summed E-state index contributed by atoms with van der Waals surface area (Å²) in [5.74, 6) is 0.707. The average Bonchev–Trinajstić information content (AvgIpc) is 3.57. The van der Waals surface area contributed by atoms with Crippen LogP contribution in [0.2, 0.25) is 0 Å². The molecule has 0 spiro atoms. The highest BCUT2D eigenvalue weighted by Crippen LogP contribution is 2.44. The van der Waals surface area contributed by atoms with E-state index in [0.29, 0.717) is 5.82 Å². The van der Waals surface area contributed by atoms with Gasteiger partial charge in [0.25, 0.3) is 0 Å².